The molecule has 1 fully saturated rings. The molecule has 1 atom stereocenters. The number of fused-ring (bicyclic) bond motifs is 2. The van der Waals surface area contributed by atoms with Crippen molar-refractivity contribution in [3.05, 3.63) is 47.4 Å². The molecule has 4 heterocycles. The summed E-state index contributed by atoms with van der Waals surface area (Å²) >= 11 is 0. The molecule has 1 saturated heterocycles. The van der Waals surface area contributed by atoms with Crippen molar-refractivity contribution in [1.29, 1.82) is 0 Å². The Morgan fingerprint density at radius 1 is 1.15 bits per heavy atom. The van der Waals surface area contributed by atoms with Crippen molar-refractivity contribution in [2.45, 2.75) is 51.1 Å². The minimum absolute atomic E-state index is 0.261. The van der Waals surface area contributed by atoms with Gasteiger partial charge in [-0.1, -0.05) is 0 Å². The molecule has 1 aromatic carbocycles. The number of halogens is 1. The van der Waals surface area contributed by atoms with Crippen LogP contribution in [0, 0.1) is 5.82 Å². The van der Waals surface area contributed by atoms with Crippen LogP contribution in [0.5, 0.6) is 0 Å². The van der Waals surface area contributed by atoms with Crippen LogP contribution in [0.25, 0.3) is 11.1 Å². The van der Waals surface area contributed by atoms with E-state index in [1.54, 1.807) is 6.07 Å². The maximum absolute atomic E-state index is 13.4. The van der Waals surface area contributed by atoms with E-state index in [2.05, 4.69) is 20.6 Å². The molecule has 5 rings (SSSR count). The first-order chi connectivity index (χ1) is 12.7. The molecule has 0 spiro atoms. The van der Waals surface area contributed by atoms with Gasteiger partial charge in [0.15, 0.2) is 11.5 Å². The summed E-state index contributed by atoms with van der Waals surface area (Å²) in [7, 11) is 0. The number of nitrogens with zero attached hydrogens (tertiary/aromatic N) is 4. The zero-order valence-electron chi connectivity index (χ0n) is 14.8. The molecule has 3 aromatic rings. The van der Waals surface area contributed by atoms with Gasteiger partial charge in [0.25, 0.3) is 0 Å². The molecule has 136 valence electrons. The SMILES string of the molecule is Fc1ccc2nc(C3CCCN(Cc4cc5n(n4)CCCC5)C3)oc2c1. The van der Waals surface area contributed by atoms with Crippen LogP contribution in [-0.4, -0.2) is 32.8 Å². The number of oxazole rings is 1. The number of hydrogen-bond acceptors (Lipinski definition) is 4. The third kappa shape index (κ3) is 3.03. The molecular weight excluding hydrogens is 331 g/mol. The number of piperidine rings is 1. The highest BCUT2D eigenvalue weighted by molar-refractivity contribution is 5.72. The van der Waals surface area contributed by atoms with E-state index in [1.807, 2.05) is 0 Å². The quantitative estimate of drug-likeness (QED) is 0.716. The highest BCUT2D eigenvalue weighted by Crippen LogP contribution is 2.30. The smallest absolute Gasteiger partial charge is 0.199 e. The maximum Gasteiger partial charge on any atom is 0.199 e. The average molecular weight is 354 g/mol. The van der Waals surface area contributed by atoms with Gasteiger partial charge in [0, 0.05) is 37.3 Å². The second-order valence-corrected chi connectivity index (χ2v) is 7.55. The van der Waals surface area contributed by atoms with Gasteiger partial charge in [0.1, 0.15) is 11.3 Å². The number of aromatic nitrogens is 3. The molecule has 0 aliphatic carbocycles. The van der Waals surface area contributed by atoms with Crippen LogP contribution < -0.4 is 0 Å². The molecular formula is C20H23FN4O. The first-order valence-electron chi connectivity index (χ1n) is 9.58. The predicted molar refractivity (Wildman–Crippen MR) is 96.4 cm³/mol. The molecule has 0 amide bonds. The van der Waals surface area contributed by atoms with Crippen LogP contribution in [0.3, 0.4) is 0 Å². The summed E-state index contributed by atoms with van der Waals surface area (Å²) in [5.74, 6) is 0.713. The van der Waals surface area contributed by atoms with Crippen LogP contribution in [0.1, 0.15) is 48.9 Å². The Hall–Kier alpha value is -2.21. The number of aryl methyl sites for hydroxylation is 2. The fourth-order valence-corrected chi connectivity index (χ4v) is 4.28. The van der Waals surface area contributed by atoms with Crippen LogP contribution in [0.4, 0.5) is 4.39 Å². The standard InChI is InChI=1S/C20H23FN4O/c21-15-6-7-18-19(10-15)26-20(22-18)14-4-3-8-24(12-14)13-16-11-17-5-1-2-9-25(17)23-16/h6-7,10-11,14H,1-5,8-9,12-13H2. The summed E-state index contributed by atoms with van der Waals surface area (Å²) in [5.41, 5.74) is 3.82. The van der Waals surface area contributed by atoms with Crippen molar-refractivity contribution in [2.75, 3.05) is 13.1 Å². The molecule has 1 unspecified atom stereocenters. The molecule has 0 bridgehead atoms. The van der Waals surface area contributed by atoms with Gasteiger partial charge in [-0.15, -0.1) is 0 Å². The largest absolute Gasteiger partial charge is 0.440 e. The zero-order chi connectivity index (χ0) is 17.5. The Morgan fingerprint density at radius 2 is 2.12 bits per heavy atom. The van der Waals surface area contributed by atoms with Crippen molar-refractivity contribution < 1.29 is 8.81 Å². The Kier molecular flexibility index (Phi) is 4.00. The second kappa shape index (κ2) is 6.50. The highest BCUT2D eigenvalue weighted by atomic mass is 19.1. The van der Waals surface area contributed by atoms with Gasteiger partial charge in [-0.25, -0.2) is 9.37 Å². The molecule has 0 saturated carbocycles. The van der Waals surface area contributed by atoms with Crippen LogP contribution >= 0.6 is 0 Å². The third-order valence-electron chi connectivity index (χ3n) is 5.57. The Bertz CT molecular complexity index is 908. The Balaban J connectivity index is 1.31. The van der Waals surface area contributed by atoms with E-state index >= 15 is 0 Å². The third-order valence-corrected chi connectivity index (χ3v) is 5.57. The van der Waals surface area contributed by atoms with Gasteiger partial charge in [-0.05, 0) is 56.8 Å². The van der Waals surface area contributed by atoms with Gasteiger partial charge >= 0.3 is 0 Å². The minimum Gasteiger partial charge on any atom is -0.440 e. The lowest BCUT2D eigenvalue weighted by molar-refractivity contribution is 0.185. The highest BCUT2D eigenvalue weighted by Gasteiger charge is 2.26. The molecule has 2 aliphatic rings. The lowest BCUT2D eigenvalue weighted by atomic mass is 9.98. The fourth-order valence-electron chi connectivity index (χ4n) is 4.28. The van der Waals surface area contributed by atoms with Crippen molar-refractivity contribution in [3.8, 4) is 0 Å². The summed E-state index contributed by atoms with van der Waals surface area (Å²) < 4.78 is 21.4. The molecule has 2 aliphatic heterocycles. The zero-order valence-corrected chi connectivity index (χ0v) is 14.8. The van der Waals surface area contributed by atoms with Crippen molar-refractivity contribution >= 4 is 11.1 Å². The van der Waals surface area contributed by atoms with Crippen LogP contribution in [0.15, 0.2) is 28.7 Å². The van der Waals surface area contributed by atoms with Gasteiger partial charge in [-0.2, -0.15) is 5.10 Å². The summed E-state index contributed by atoms with van der Waals surface area (Å²) in [5, 5.41) is 4.78. The van der Waals surface area contributed by atoms with E-state index < -0.39 is 0 Å². The number of rotatable bonds is 3. The lowest BCUT2D eigenvalue weighted by Gasteiger charge is -2.30. The minimum atomic E-state index is -0.283. The predicted octanol–water partition coefficient (Wildman–Crippen LogP) is 3.88. The van der Waals surface area contributed by atoms with Crippen LogP contribution in [0.2, 0.25) is 0 Å². The number of likely N-dealkylation sites (tertiary alicyclic amines) is 1. The summed E-state index contributed by atoms with van der Waals surface area (Å²) in [6.07, 6.45) is 5.83. The average Bonchev–Trinajstić information content (AvgIpc) is 3.24. The van der Waals surface area contributed by atoms with E-state index in [0.29, 0.717) is 5.58 Å². The summed E-state index contributed by atoms with van der Waals surface area (Å²) in [6, 6.07) is 6.81. The molecule has 6 heteroatoms. The molecule has 0 radical (unpaired) electrons. The first-order valence-corrected chi connectivity index (χ1v) is 9.58. The van der Waals surface area contributed by atoms with E-state index in [-0.39, 0.29) is 11.7 Å². The lowest BCUT2D eigenvalue weighted by Crippen LogP contribution is -2.34. The second-order valence-electron chi connectivity index (χ2n) is 7.55. The summed E-state index contributed by atoms with van der Waals surface area (Å²) in [4.78, 5) is 7.03. The van der Waals surface area contributed by atoms with E-state index in [4.69, 9.17) is 9.52 Å². The molecule has 2 aromatic heterocycles. The number of hydrogen-bond donors (Lipinski definition) is 0. The molecule has 0 N–H and O–H groups in total. The van der Waals surface area contributed by atoms with Crippen molar-refractivity contribution in [1.82, 2.24) is 19.7 Å². The molecule has 26 heavy (non-hydrogen) atoms. The maximum atomic E-state index is 13.4. The monoisotopic (exact) mass is 354 g/mol. The topological polar surface area (TPSA) is 47.1 Å². The van der Waals surface area contributed by atoms with E-state index in [9.17, 15) is 4.39 Å². The fraction of sp³-hybridized carbons (Fsp3) is 0.500. The Labute approximate surface area is 151 Å². The molecule has 5 nitrogen and oxygen atoms in total. The van der Waals surface area contributed by atoms with Gasteiger partial charge in [0.2, 0.25) is 0 Å². The van der Waals surface area contributed by atoms with Gasteiger partial charge in [0.05, 0.1) is 5.69 Å². The van der Waals surface area contributed by atoms with E-state index in [1.165, 1.54) is 36.4 Å². The normalized spacial score (nSPS) is 21.2. The summed E-state index contributed by atoms with van der Waals surface area (Å²) in [6.45, 7) is 3.92. The van der Waals surface area contributed by atoms with Crippen LogP contribution in [-0.2, 0) is 19.5 Å². The van der Waals surface area contributed by atoms with E-state index in [0.717, 1.165) is 56.8 Å². The Morgan fingerprint density at radius 3 is 3.04 bits per heavy atom. The van der Waals surface area contributed by atoms with Gasteiger partial charge < -0.3 is 4.42 Å². The number of benzene rings is 1. The van der Waals surface area contributed by atoms with Crippen molar-refractivity contribution in [3.63, 3.8) is 0 Å². The first kappa shape index (κ1) is 16.0. The van der Waals surface area contributed by atoms with Crippen molar-refractivity contribution in [2.24, 2.45) is 0 Å². The van der Waals surface area contributed by atoms with Gasteiger partial charge in [-0.3, -0.25) is 9.58 Å².